The molecule has 2 N–H and O–H groups in total. The van der Waals surface area contributed by atoms with Gasteiger partial charge in [0.1, 0.15) is 12.4 Å². The van der Waals surface area contributed by atoms with E-state index in [0.29, 0.717) is 11.0 Å². The summed E-state index contributed by atoms with van der Waals surface area (Å²) in [7, 11) is 0. The largest absolute Gasteiger partial charge is 0.486 e. The van der Waals surface area contributed by atoms with Gasteiger partial charge in [-0.3, -0.25) is 0 Å². The second-order valence-electron chi connectivity index (χ2n) is 6.87. The van der Waals surface area contributed by atoms with Gasteiger partial charge in [0.15, 0.2) is 11.0 Å². The Morgan fingerprint density at radius 3 is 2.27 bits per heavy atom. The third kappa shape index (κ3) is 4.95. The number of rotatable bonds is 5. The van der Waals surface area contributed by atoms with Crippen LogP contribution in [0.25, 0.3) is 0 Å². The summed E-state index contributed by atoms with van der Waals surface area (Å²) in [6, 6.07) is 18.0. The summed E-state index contributed by atoms with van der Waals surface area (Å²) in [5.74, 6) is 1.48. The van der Waals surface area contributed by atoms with E-state index in [-0.39, 0.29) is 18.0 Å². The molecule has 134 valence electrons. The highest BCUT2D eigenvalue weighted by Gasteiger charge is 2.13. The van der Waals surface area contributed by atoms with Crippen molar-refractivity contribution in [3.8, 4) is 5.75 Å². The highest BCUT2D eigenvalue weighted by molar-refractivity contribution is 7.99. The van der Waals surface area contributed by atoms with Crippen LogP contribution in [0, 0.1) is 0 Å². The zero-order chi connectivity index (χ0) is 18.6. The zero-order valence-electron chi connectivity index (χ0n) is 15.1. The number of nitrogen functional groups attached to an aromatic ring is 1. The zero-order valence-corrected chi connectivity index (χ0v) is 16.0. The lowest BCUT2D eigenvalue weighted by atomic mass is 9.87. The summed E-state index contributed by atoms with van der Waals surface area (Å²) in [5, 5.41) is 0.561. The first-order chi connectivity index (χ1) is 12.4. The summed E-state index contributed by atoms with van der Waals surface area (Å²) in [6.45, 7) is 6.79. The van der Waals surface area contributed by atoms with Crippen molar-refractivity contribution in [3.05, 3.63) is 66.0 Å². The van der Waals surface area contributed by atoms with E-state index in [9.17, 15) is 0 Å². The van der Waals surface area contributed by atoms with Crippen molar-refractivity contribution in [2.75, 3.05) is 5.73 Å². The Kier molecular flexibility index (Phi) is 5.42. The molecule has 0 aliphatic rings. The van der Waals surface area contributed by atoms with Gasteiger partial charge in [-0.2, -0.15) is 9.97 Å². The maximum absolute atomic E-state index is 5.82. The Balaban J connectivity index is 1.68. The van der Waals surface area contributed by atoms with Crippen molar-refractivity contribution in [2.45, 2.75) is 42.8 Å². The van der Waals surface area contributed by atoms with Crippen molar-refractivity contribution in [1.29, 1.82) is 0 Å². The number of nitrogens with two attached hydrogens (primary N) is 1. The minimum atomic E-state index is 0.116. The minimum Gasteiger partial charge on any atom is -0.486 e. The highest BCUT2D eigenvalue weighted by atomic mass is 32.2. The molecule has 0 atom stereocenters. The molecule has 2 aromatic carbocycles. The van der Waals surface area contributed by atoms with Gasteiger partial charge in [-0.05, 0) is 47.0 Å². The standard InChI is InChI=1S/C20H22N4OS/c1-20(2,3)14-9-11-15(12-10-14)25-13-17-22-18(21)24-19(23-17)26-16-7-5-4-6-8-16/h4-12H,13H2,1-3H3,(H2,21,22,23,24). The fourth-order valence-corrected chi connectivity index (χ4v) is 3.11. The van der Waals surface area contributed by atoms with Crippen LogP contribution in [0.15, 0.2) is 64.6 Å². The van der Waals surface area contributed by atoms with Crippen molar-refractivity contribution < 1.29 is 4.74 Å². The van der Waals surface area contributed by atoms with Crippen LogP contribution in [0.5, 0.6) is 5.75 Å². The van der Waals surface area contributed by atoms with Crippen LogP contribution in [0.3, 0.4) is 0 Å². The van der Waals surface area contributed by atoms with Gasteiger partial charge in [0, 0.05) is 4.90 Å². The Morgan fingerprint density at radius 2 is 1.62 bits per heavy atom. The Labute approximate surface area is 158 Å². The average Bonchev–Trinajstić information content (AvgIpc) is 2.60. The maximum Gasteiger partial charge on any atom is 0.224 e. The lowest BCUT2D eigenvalue weighted by molar-refractivity contribution is 0.294. The van der Waals surface area contributed by atoms with E-state index in [2.05, 4.69) is 47.9 Å². The normalized spacial score (nSPS) is 11.3. The van der Waals surface area contributed by atoms with Crippen LogP contribution in [-0.2, 0) is 12.0 Å². The number of anilines is 1. The highest BCUT2D eigenvalue weighted by Crippen LogP contribution is 2.26. The van der Waals surface area contributed by atoms with Gasteiger partial charge in [0.25, 0.3) is 0 Å². The molecule has 1 aromatic heterocycles. The number of benzene rings is 2. The molecule has 6 heteroatoms. The number of hydrogen-bond acceptors (Lipinski definition) is 6. The molecular weight excluding hydrogens is 344 g/mol. The van der Waals surface area contributed by atoms with Gasteiger partial charge < -0.3 is 10.5 Å². The van der Waals surface area contributed by atoms with Gasteiger partial charge in [-0.1, -0.05) is 51.1 Å². The molecule has 3 rings (SSSR count). The molecule has 5 nitrogen and oxygen atoms in total. The van der Waals surface area contributed by atoms with Crippen molar-refractivity contribution in [3.63, 3.8) is 0 Å². The van der Waals surface area contributed by atoms with E-state index in [1.54, 1.807) is 0 Å². The SMILES string of the molecule is CC(C)(C)c1ccc(OCc2nc(N)nc(Sc3ccccc3)n2)cc1. The molecule has 1 heterocycles. The second kappa shape index (κ2) is 7.74. The van der Waals surface area contributed by atoms with Crippen molar-refractivity contribution >= 4 is 17.7 Å². The molecule has 0 unspecified atom stereocenters. The molecule has 0 saturated heterocycles. The Hall–Kier alpha value is -2.60. The quantitative estimate of drug-likeness (QED) is 0.717. The summed E-state index contributed by atoms with van der Waals surface area (Å²) in [5.41, 5.74) is 7.19. The van der Waals surface area contributed by atoms with Crippen LogP contribution in [-0.4, -0.2) is 15.0 Å². The summed E-state index contributed by atoms with van der Waals surface area (Å²) >= 11 is 1.44. The van der Waals surface area contributed by atoms with Crippen molar-refractivity contribution in [1.82, 2.24) is 15.0 Å². The van der Waals surface area contributed by atoms with Crippen LogP contribution < -0.4 is 10.5 Å². The van der Waals surface area contributed by atoms with E-state index < -0.39 is 0 Å². The smallest absolute Gasteiger partial charge is 0.224 e. The first-order valence-electron chi connectivity index (χ1n) is 8.37. The topological polar surface area (TPSA) is 73.9 Å². The van der Waals surface area contributed by atoms with Gasteiger partial charge >= 0.3 is 0 Å². The number of ether oxygens (including phenoxy) is 1. The third-order valence-corrected chi connectivity index (χ3v) is 4.59. The predicted molar refractivity (Wildman–Crippen MR) is 104 cm³/mol. The molecule has 0 spiro atoms. The second-order valence-corrected chi connectivity index (χ2v) is 7.91. The Bertz CT molecular complexity index is 861. The number of aromatic nitrogens is 3. The molecule has 3 aromatic rings. The predicted octanol–water partition coefficient (Wildman–Crippen LogP) is 4.48. The fraction of sp³-hybridized carbons (Fsp3) is 0.250. The van der Waals surface area contributed by atoms with Crippen molar-refractivity contribution in [2.24, 2.45) is 0 Å². The third-order valence-electron chi connectivity index (χ3n) is 3.72. The fourth-order valence-electron chi connectivity index (χ4n) is 2.32. The van der Waals surface area contributed by atoms with Crippen LogP contribution in [0.2, 0.25) is 0 Å². The molecule has 0 aliphatic heterocycles. The van der Waals surface area contributed by atoms with Crippen LogP contribution in [0.1, 0.15) is 32.2 Å². The first-order valence-corrected chi connectivity index (χ1v) is 9.18. The lowest BCUT2D eigenvalue weighted by Crippen LogP contribution is -2.11. The molecule has 0 radical (unpaired) electrons. The van der Waals surface area contributed by atoms with Gasteiger partial charge in [-0.15, -0.1) is 0 Å². The molecule has 0 saturated carbocycles. The van der Waals surface area contributed by atoms with E-state index in [1.165, 1.54) is 17.3 Å². The average molecular weight is 366 g/mol. The number of nitrogens with zero attached hydrogens (tertiary/aromatic N) is 3. The van der Waals surface area contributed by atoms with Crippen LogP contribution in [0.4, 0.5) is 5.95 Å². The molecule has 0 aliphatic carbocycles. The maximum atomic E-state index is 5.82. The molecule has 0 amide bonds. The minimum absolute atomic E-state index is 0.116. The molecule has 26 heavy (non-hydrogen) atoms. The molecule has 0 bridgehead atoms. The van der Waals surface area contributed by atoms with E-state index in [4.69, 9.17) is 10.5 Å². The van der Waals surface area contributed by atoms with E-state index >= 15 is 0 Å². The molecular formula is C20H22N4OS. The van der Waals surface area contributed by atoms with Gasteiger partial charge in [0.2, 0.25) is 5.95 Å². The summed E-state index contributed by atoms with van der Waals surface area (Å²) in [6.07, 6.45) is 0. The monoisotopic (exact) mass is 366 g/mol. The van der Waals surface area contributed by atoms with Gasteiger partial charge in [-0.25, -0.2) is 4.98 Å². The summed E-state index contributed by atoms with van der Waals surface area (Å²) in [4.78, 5) is 13.8. The van der Waals surface area contributed by atoms with E-state index in [0.717, 1.165) is 10.6 Å². The van der Waals surface area contributed by atoms with E-state index in [1.807, 2.05) is 42.5 Å². The summed E-state index contributed by atoms with van der Waals surface area (Å²) < 4.78 is 5.80. The lowest BCUT2D eigenvalue weighted by Gasteiger charge is -2.19. The first kappa shape index (κ1) is 18.2. The molecule has 0 fully saturated rings. The van der Waals surface area contributed by atoms with Crippen LogP contribution >= 0.6 is 11.8 Å². The van der Waals surface area contributed by atoms with Gasteiger partial charge in [0.05, 0.1) is 0 Å². The Morgan fingerprint density at radius 1 is 0.923 bits per heavy atom. The number of hydrogen-bond donors (Lipinski definition) is 1.